The number of nitrogens with one attached hydrogen (secondary N) is 1. The number of carbonyl (C=O) groups is 1. The molecule has 0 radical (unpaired) electrons. The summed E-state index contributed by atoms with van der Waals surface area (Å²) >= 11 is 5.72. The van der Waals surface area contributed by atoms with E-state index in [0.29, 0.717) is 0 Å². The summed E-state index contributed by atoms with van der Waals surface area (Å²) in [5.41, 5.74) is -0.0265. The predicted molar refractivity (Wildman–Crippen MR) is 72.3 cm³/mol. The molecular formula is C14H10ClF2NO2. The van der Waals surface area contributed by atoms with Gasteiger partial charge < -0.3 is 10.1 Å². The van der Waals surface area contributed by atoms with Gasteiger partial charge in [-0.3, -0.25) is 4.79 Å². The molecule has 0 saturated carbocycles. The standard InChI is InChI=1S/C14H10ClF2NO2/c1-20-13-5-2-8(6-11(13)17)14(19)18-12-7-9(15)3-4-10(12)16/h2-7H,1H3,(H,18,19). The van der Waals surface area contributed by atoms with Gasteiger partial charge in [0.15, 0.2) is 11.6 Å². The zero-order chi connectivity index (χ0) is 14.7. The lowest BCUT2D eigenvalue weighted by molar-refractivity contribution is 0.102. The minimum atomic E-state index is -0.674. The Kier molecular flexibility index (Phi) is 4.20. The summed E-state index contributed by atoms with van der Waals surface area (Å²) in [6.07, 6.45) is 0. The molecule has 0 atom stereocenters. The number of carbonyl (C=O) groups excluding carboxylic acids is 1. The van der Waals surface area contributed by atoms with Crippen LogP contribution in [0.4, 0.5) is 14.5 Å². The Bertz CT molecular complexity index is 662. The molecule has 0 heterocycles. The number of hydrogen-bond donors (Lipinski definition) is 1. The van der Waals surface area contributed by atoms with E-state index in [4.69, 9.17) is 16.3 Å². The van der Waals surface area contributed by atoms with Gasteiger partial charge in [0, 0.05) is 10.6 Å². The van der Waals surface area contributed by atoms with Crippen molar-refractivity contribution in [3.05, 3.63) is 58.6 Å². The highest BCUT2D eigenvalue weighted by Gasteiger charge is 2.12. The lowest BCUT2D eigenvalue weighted by Gasteiger charge is -2.08. The van der Waals surface area contributed by atoms with Crippen LogP contribution in [0.5, 0.6) is 5.75 Å². The zero-order valence-corrected chi connectivity index (χ0v) is 11.2. The molecule has 6 heteroatoms. The number of rotatable bonds is 3. The molecule has 1 N–H and O–H groups in total. The van der Waals surface area contributed by atoms with Crippen LogP contribution >= 0.6 is 11.6 Å². The molecule has 0 aliphatic rings. The Morgan fingerprint density at radius 2 is 1.90 bits per heavy atom. The topological polar surface area (TPSA) is 38.3 Å². The summed E-state index contributed by atoms with van der Waals surface area (Å²) in [6, 6.07) is 7.47. The number of ether oxygens (including phenoxy) is 1. The van der Waals surface area contributed by atoms with E-state index in [1.807, 2.05) is 0 Å². The van der Waals surface area contributed by atoms with Crippen molar-refractivity contribution in [2.45, 2.75) is 0 Å². The fourth-order valence-corrected chi connectivity index (χ4v) is 1.77. The quantitative estimate of drug-likeness (QED) is 0.933. The minimum Gasteiger partial charge on any atom is -0.494 e. The van der Waals surface area contributed by atoms with Crippen LogP contribution in [-0.2, 0) is 0 Å². The molecule has 0 saturated heterocycles. The molecule has 20 heavy (non-hydrogen) atoms. The summed E-state index contributed by atoms with van der Waals surface area (Å²) in [6.45, 7) is 0. The molecule has 2 aromatic rings. The molecule has 2 aromatic carbocycles. The number of amides is 1. The summed E-state index contributed by atoms with van der Waals surface area (Å²) in [7, 11) is 1.32. The second-order valence-corrected chi connectivity index (χ2v) is 4.36. The van der Waals surface area contributed by atoms with Crippen LogP contribution in [0.25, 0.3) is 0 Å². The van der Waals surface area contributed by atoms with Crippen LogP contribution in [-0.4, -0.2) is 13.0 Å². The van der Waals surface area contributed by atoms with Crippen LogP contribution < -0.4 is 10.1 Å². The van der Waals surface area contributed by atoms with Gasteiger partial charge in [-0.1, -0.05) is 11.6 Å². The maximum atomic E-state index is 13.5. The fraction of sp³-hybridized carbons (Fsp3) is 0.0714. The van der Waals surface area contributed by atoms with Gasteiger partial charge in [0.05, 0.1) is 12.8 Å². The van der Waals surface area contributed by atoms with E-state index in [2.05, 4.69) is 5.32 Å². The van der Waals surface area contributed by atoms with Gasteiger partial charge in [-0.05, 0) is 36.4 Å². The molecule has 3 nitrogen and oxygen atoms in total. The number of anilines is 1. The summed E-state index contributed by atoms with van der Waals surface area (Å²) < 4.78 is 31.7. The van der Waals surface area contributed by atoms with Gasteiger partial charge in [-0.15, -0.1) is 0 Å². The largest absolute Gasteiger partial charge is 0.494 e. The molecule has 0 aliphatic carbocycles. The lowest BCUT2D eigenvalue weighted by atomic mass is 10.2. The molecule has 0 spiro atoms. The van der Waals surface area contributed by atoms with Crippen molar-refractivity contribution in [2.75, 3.05) is 12.4 Å². The van der Waals surface area contributed by atoms with Gasteiger partial charge >= 0.3 is 0 Å². The SMILES string of the molecule is COc1ccc(C(=O)Nc2cc(Cl)ccc2F)cc1F. The van der Waals surface area contributed by atoms with Crippen LogP contribution in [0.1, 0.15) is 10.4 Å². The average molecular weight is 298 g/mol. The van der Waals surface area contributed by atoms with Gasteiger partial charge in [-0.25, -0.2) is 8.78 Å². The van der Waals surface area contributed by atoms with E-state index in [0.717, 1.165) is 12.1 Å². The van der Waals surface area contributed by atoms with E-state index >= 15 is 0 Å². The molecule has 1 amide bonds. The highest BCUT2D eigenvalue weighted by molar-refractivity contribution is 6.31. The van der Waals surface area contributed by atoms with Crippen molar-refractivity contribution >= 4 is 23.2 Å². The smallest absolute Gasteiger partial charge is 0.255 e. The highest BCUT2D eigenvalue weighted by Crippen LogP contribution is 2.22. The van der Waals surface area contributed by atoms with Crippen LogP contribution in [0.15, 0.2) is 36.4 Å². The van der Waals surface area contributed by atoms with Gasteiger partial charge in [0.2, 0.25) is 0 Å². The zero-order valence-electron chi connectivity index (χ0n) is 10.4. The number of benzene rings is 2. The second-order valence-electron chi connectivity index (χ2n) is 3.93. The van der Waals surface area contributed by atoms with Crippen molar-refractivity contribution in [3.63, 3.8) is 0 Å². The first kappa shape index (κ1) is 14.3. The van der Waals surface area contributed by atoms with Crippen LogP contribution in [0.3, 0.4) is 0 Å². The van der Waals surface area contributed by atoms with E-state index < -0.39 is 17.5 Å². The van der Waals surface area contributed by atoms with Crippen molar-refractivity contribution in [1.82, 2.24) is 0 Å². The fourth-order valence-electron chi connectivity index (χ4n) is 1.60. The third-order valence-electron chi connectivity index (χ3n) is 2.59. The molecule has 0 aromatic heterocycles. The molecule has 0 fully saturated rings. The van der Waals surface area contributed by atoms with E-state index in [-0.39, 0.29) is 22.0 Å². The van der Waals surface area contributed by atoms with Crippen molar-refractivity contribution in [3.8, 4) is 5.75 Å². The molecular weight excluding hydrogens is 288 g/mol. The molecule has 0 aliphatic heterocycles. The van der Waals surface area contributed by atoms with Crippen molar-refractivity contribution in [2.24, 2.45) is 0 Å². The van der Waals surface area contributed by atoms with Gasteiger partial charge in [0.25, 0.3) is 5.91 Å². The van der Waals surface area contributed by atoms with E-state index in [1.165, 1.54) is 31.4 Å². The van der Waals surface area contributed by atoms with Crippen LogP contribution in [0, 0.1) is 11.6 Å². The monoisotopic (exact) mass is 297 g/mol. The summed E-state index contributed by atoms with van der Waals surface area (Å²) in [5, 5.41) is 2.61. The third kappa shape index (κ3) is 3.05. The van der Waals surface area contributed by atoms with Crippen LogP contribution in [0.2, 0.25) is 5.02 Å². The molecule has 0 unspecified atom stereocenters. The first-order valence-corrected chi connectivity index (χ1v) is 5.99. The maximum absolute atomic E-state index is 13.5. The first-order chi connectivity index (χ1) is 9.51. The average Bonchev–Trinajstić information content (AvgIpc) is 2.42. The molecule has 0 bridgehead atoms. The Balaban J connectivity index is 2.24. The highest BCUT2D eigenvalue weighted by atomic mass is 35.5. The molecule has 104 valence electrons. The normalized spacial score (nSPS) is 10.2. The summed E-state index contributed by atoms with van der Waals surface area (Å²) in [5.74, 6) is -1.92. The van der Waals surface area contributed by atoms with Crippen molar-refractivity contribution < 1.29 is 18.3 Å². The number of hydrogen-bond acceptors (Lipinski definition) is 2. The predicted octanol–water partition coefficient (Wildman–Crippen LogP) is 3.88. The van der Waals surface area contributed by atoms with E-state index in [9.17, 15) is 13.6 Å². The van der Waals surface area contributed by atoms with Gasteiger partial charge in [0.1, 0.15) is 5.82 Å². The Morgan fingerprint density at radius 1 is 1.15 bits per heavy atom. The Labute approximate surface area is 119 Å². The first-order valence-electron chi connectivity index (χ1n) is 5.61. The van der Waals surface area contributed by atoms with Gasteiger partial charge in [-0.2, -0.15) is 0 Å². The molecule has 2 rings (SSSR count). The lowest BCUT2D eigenvalue weighted by Crippen LogP contribution is -2.13. The maximum Gasteiger partial charge on any atom is 0.255 e. The second kappa shape index (κ2) is 5.88. The van der Waals surface area contributed by atoms with E-state index in [1.54, 1.807) is 0 Å². The minimum absolute atomic E-state index is 0.0236. The van der Waals surface area contributed by atoms with Crippen molar-refractivity contribution in [1.29, 1.82) is 0 Å². The Morgan fingerprint density at radius 3 is 2.55 bits per heavy atom. The third-order valence-corrected chi connectivity index (χ3v) is 2.83. The number of methoxy groups -OCH3 is 1. The summed E-state index contributed by atoms with van der Waals surface area (Å²) in [4.78, 5) is 11.9. The Hall–Kier alpha value is -2.14. The number of halogens is 3.